The second-order valence-corrected chi connectivity index (χ2v) is 40.0. The van der Waals surface area contributed by atoms with Gasteiger partial charge in [0, 0.05) is 91.4 Å². The molecular weight excluding hydrogens is 1980 g/mol. The lowest BCUT2D eigenvalue weighted by molar-refractivity contribution is -0.126. The number of rotatable bonds is 26. The number of aliphatic hydroxyl groups is 1. The molecular formula is C87H80BrCl10N14O13S3-. The van der Waals surface area contributed by atoms with E-state index in [-0.39, 0.29) is 84.3 Å². The summed E-state index contributed by atoms with van der Waals surface area (Å²) in [5, 5.41) is 61.5. The molecule has 5 aliphatic heterocycles. The number of carbonyl (C=O) groups excluding carboxylic acids is 5. The molecule has 10 unspecified atom stereocenters. The zero-order valence-electron chi connectivity index (χ0n) is 69.0. The van der Waals surface area contributed by atoms with Crippen molar-refractivity contribution in [3.63, 3.8) is 0 Å². The number of aromatic amines is 1. The standard InChI is InChI=1S/C25H26Cl2N4O3S.C23H22Cl2N4O3S.C15H14Cl2N4O2S.C12H8BrCl2NO2.C12H9Cl2NO3.H/c1-3-34-25(32)23-24(31(29-28-23)11-15-4-7-17(33-2)8-5-15)35-14-20-18-12-30(13-19(18)20)16-6-9-21(26)22(27)10-16;1-32-15-5-2-13(3-6-15)9-29-22(21(23(30)31)26-27-29)33-12-18-16-10-28(11-17(16)18)14-4-7-19(24)20(25)8-14;16-11-2-1-7(3-12(11)17)21-4-8-9(5-21)10(8)6-24-14-13(15(22)23)18-20-19-14;13-4-6-9-10(6)12(18)16(11(9)17)5-1-2-7(14)8(15)3-5;13-7-2-1-5(3-8(7)14)15-11(17)9-6(4-16)10(9)12(15)18;/h4-10,18-20H,3,11-14H2,1-2H3;2-8,16-18H,9-12H2,1H3,(H,30,31);1-3,8-10H,4-6H2,(H,22,23)(H,18,19,20);1-3,6,9-10H,4H2;1-3,6,9-10,16H,4H2;/q;;;;;-1/i;;;;;1+1. The second-order valence-electron chi connectivity index (χ2n) is 32.2. The number of fused-ring (bicyclic) bond motifs is 5. The van der Waals surface area contributed by atoms with Crippen LogP contribution in [0.2, 0.25) is 50.2 Å². The molecule has 4 N–H and O–H groups in total. The number of halogens is 11. The number of aliphatic hydroxyl groups excluding tert-OH is 1. The first-order valence-corrected chi connectivity index (χ1v) is 48.4. The number of aromatic carboxylic acids is 2. The normalized spacial score (nSPS) is 24.1. The van der Waals surface area contributed by atoms with Crippen molar-refractivity contribution in [1.82, 2.24) is 45.4 Å². The van der Waals surface area contributed by atoms with E-state index in [0.717, 1.165) is 106 Å². The first-order valence-electron chi connectivity index (χ1n) is 40.6. The number of nitrogens with one attached hydrogen (secondary N) is 1. The Labute approximate surface area is 807 Å². The van der Waals surface area contributed by atoms with Crippen LogP contribution in [-0.4, -0.2) is 192 Å². The smallest absolute Gasteiger partial charge is 0.361 e. The van der Waals surface area contributed by atoms with Gasteiger partial charge in [0.15, 0.2) is 5.03 Å². The number of nitrogens with zero attached hydrogens (tertiary/aromatic N) is 13. The lowest BCUT2D eigenvalue weighted by atomic mass is 10.2. The number of aromatic nitrogens is 9. The van der Waals surface area contributed by atoms with Crippen LogP contribution in [0.25, 0.3) is 0 Å². The summed E-state index contributed by atoms with van der Waals surface area (Å²) in [4.78, 5) is 93.0. The Morgan fingerprint density at radius 3 is 1.09 bits per heavy atom. The van der Waals surface area contributed by atoms with E-state index in [1.54, 1.807) is 72.6 Å². The minimum atomic E-state index is -1.06. The largest absolute Gasteiger partial charge is 1.00 e. The fourth-order valence-electron chi connectivity index (χ4n) is 17.8. The van der Waals surface area contributed by atoms with Gasteiger partial charge in [0.2, 0.25) is 40.7 Å². The molecule has 128 heavy (non-hydrogen) atoms. The summed E-state index contributed by atoms with van der Waals surface area (Å²) in [6.45, 7) is 8.88. The van der Waals surface area contributed by atoms with Crippen LogP contribution in [0.4, 0.5) is 28.4 Å². The van der Waals surface area contributed by atoms with Crippen LogP contribution in [0.5, 0.6) is 11.5 Å². The van der Waals surface area contributed by atoms with E-state index < -0.39 is 17.9 Å². The number of anilines is 5. The van der Waals surface area contributed by atoms with Gasteiger partial charge in [-0.25, -0.2) is 33.5 Å². The summed E-state index contributed by atoms with van der Waals surface area (Å²) in [6.07, 6.45) is 0. The zero-order chi connectivity index (χ0) is 90.5. The Morgan fingerprint density at radius 1 is 0.438 bits per heavy atom. The summed E-state index contributed by atoms with van der Waals surface area (Å²) in [5.41, 5.74) is 6.60. The van der Waals surface area contributed by atoms with E-state index in [0.29, 0.717) is 150 Å². The van der Waals surface area contributed by atoms with Gasteiger partial charge in [-0.05, 0) is 192 Å². The third kappa shape index (κ3) is 19.9. The number of H-pyrrole nitrogens is 1. The van der Waals surface area contributed by atoms with Crippen LogP contribution in [-0.2, 0) is 37.0 Å². The lowest BCUT2D eigenvalue weighted by Gasteiger charge is -2.22. The van der Waals surface area contributed by atoms with Gasteiger partial charge < -0.3 is 45.7 Å². The number of ether oxygens (including phenoxy) is 3. The van der Waals surface area contributed by atoms with Crippen molar-refractivity contribution in [1.29, 1.82) is 0 Å². The van der Waals surface area contributed by atoms with Crippen molar-refractivity contribution in [3.8, 4) is 11.5 Å². The fraction of sp³-hybridized carbons (Fsp3) is 0.368. The number of alkyl halides is 1. The van der Waals surface area contributed by atoms with Crippen molar-refractivity contribution >= 4 is 237 Å². The summed E-state index contributed by atoms with van der Waals surface area (Å²) in [7, 11) is 3.27. The van der Waals surface area contributed by atoms with Crippen LogP contribution in [0.1, 0.15) is 50.9 Å². The van der Waals surface area contributed by atoms with E-state index in [4.69, 9.17) is 140 Å². The number of piperidine rings is 5. The van der Waals surface area contributed by atoms with Crippen molar-refractivity contribution in [2.24, 2.45) is 88.8 Å². The van der Waals surface area contributed by atoms with Crippen LogP contribution < -0.4 is 34.0 Å². The van der Waals surface area contributed by atoms with Crippen LogP contribution in [0, 0.1) is 88.8 Å². The Kier molecular flexibility index (Phi) is 29.0. The van der Waals surface area contributed by atoms with Crippen LogP contribution >= 0.6 is 167 Å². The SMILES string of the molecule is CCOC(=O)c1nnn(Cc2ccc(OC)cc2)c1SCC1C2CN(c3ccc(Cl)c(Cl)c3)CC12.COc1ccc(Cn2nnc(C(=O)O)c2SCC2C3CN(c4ccc(Cl)c(Cl)c4)CC23)cc1.O=C(O)c1n[nH]nc1SCC1C2CN(c3ccc(Cl)c(Cl)c3)CC12.O=C1C2C(CBr)C2C(=O)N1c1ccc(Cl)c(Cl)c1.O=C1C2C(CO)C2C(=O)N1c1ccc(Cl)c(Cl)c1.[2H-]. The van der Waals surface area contributed by atoms with Gasteiger partial charge in [-0.15, -0.1) is 55.7 Å². The van der Waals surface area contributed by atoms with Crippen molar-refractivity contribution in [3.05, 3.63) is 218 Å². The van der Waals surface area contributed by atoms with Gasteiger partial charge >= 0.3 is 17.9 Å². The number of hydrogen-bond acceptors (Lipinski definition) is 23. The number of carbonyl (C=O) groups is 7. The maximum absolute atomic E-state index is 12.5. The van der Waals surface area contributed by atoms with Gasteiger partial charge in [0.25, 0.3) is 0 Å². The highest BCUT2D eigenvalue weighted by Gasteiger charge is 2.68. The average molecular weight is 2060 g/mol. The molecule has 5 saturated carbocycles. The third-order valence-corrected chi connectivity index (χ3v) is 33.0. The van der Waals surface area contributed by atoms with Gasteiger partial charge in [-0.1, -0.05) is 167 Å². The van der Waals surface area contributed by atoms with Gasteiger partial charge in [-0.3, -0.25) is 19.2 Å². The van der Waals surface area contributed by atoms with Crippen molar-refractivity contribution in [2.75, 3.05) is 114 Å². The monoisotopic (exact) mass is 2050 g/mol. The predicted octanol–water partition coefficient (Wildman–Crippen LogP) is 18.3. The maximum atomic E-state index is 12.5. The van der Waals surface area contributed by atoms with Crippen molar-refractivity contribution < 1.29 is 64.5 Å². The molecule has 0 spiro atoms. The maximum Gasteiger partial charge on any atom is 0.361 e. The molecule has 27 nitrogen and oxygen atoms in total. The topological polar surface area (TPSA) is 327 Å². The molecule has 5 aliphatic carbocycles. The molecule has 5 saturated heterocycles. The van der Waals surface area contributed by atoms with Crippen molar-refractivity contribution in [2.45, 2.75) is 35.1 Å². The number of methoxy groups -OCH3 is 2. The first-order chi connectivity index (χ1) is 61.6. The first kappa shape index (κ1) is 93.3. The number of carboxylic acid groups (broad SMARTS) is 2. The van der Waals surface area contributed by atoms with Gasteiger partial charge in [0.05, 0.1) is 119 Å². The Bertz CT molecular complexity index is 5760. The second kappa shape index (κ2) is 39.8. The van der Waals surface area contributed by atoms with Crippen LogP contribution in [0.15, 0.2) is 155 Å². The highest BCUT2D eigenvalue weighted by molar-refractivity contribution is 9.09. The number of thioether (sulfide) groups is 3. The molecule has 0 radical (unpaired) electrons. The molecule has 3 aromatic heterocycles. The summed E-state index contributed by atoms with van der Waals surface area (Å²) < 4.78 is 19.1. The molecule has 0 bridgehead atoms. The summed E-state index contributed by atoms with van der Waals surface area (Å²) in [5.74, 6) is 5.30. The average Bonchev–Trinajstić information content (AvgIpc) is 1.54. The Balaban J connectivity index is 0.000000127. The fourth-order valence-corrected chi connectivity index (χ4v) is 24.0. The van der Waals surface area contributed by atoms with E-state index in [2.05, 4.69) is 66.7 Å². The summed E-state index contributed by atoms with van der Waals surface area (Å²) in [6, 6.07) is 42.2. The molecule has 10 fully saturated rings. The minimum Gasteiger partial charge on any atom is -1.00 e. The number of benzene rings is 7. The number of amides is 4. The molecule has 10 aliphatic rings. The number of carboxylic acids is 2. The summed E-state index contributed by atoms with van der Waals surface area (Å²) >= 11 is 67.9. The molecule has 8 heterocycles. The minimum absolute atomic E-state index is 0. The van der Waals surface area contributed by atoms with Gasteiger partial charge in [0.1, 0.15) is 21.6 Å². The van der Waals surface area contributed by atoms with E-state index in [1.807, 2.05) is 103 Å². The predicted molar refractivity (Wildman–Crippen MR) is 501 cm³/mol. The quantitative estimate of drug-likeness (QED) is 0.0169. The number of esters is 1. The molecule has 20 rings (SSSR count). The molecule has 672 valence electrons. The van der Waals surface area contributed by atoms with E-state index >= 15 is 0 Å². The number of hydrogen-bond donors (Lipinski definition) is 4. The zero-order valence-corrected chi connectivity index (χ0v) is 79.6. The van der Waals surface area contributed by atoms with Crippen LogP contribution in [0.3, 0.4) is 0 Å². The molecule has 7 aromatic carbocycles. The van der Waals surface area contributed by atoms with E-state index in [9.17, 15) is 38.7 Å². The molecule has 10 aromatic rings. The lowest BCUT2D eigenvalue weighted by Crippen LogP contribution is -2.35. The molecule has 4 amide bonds. The molecule has 41 heteroatoms. The Hall–Kier alpha value is -7.96. The third-order valence-electron chi connectivity index (χ3n) is 25.0. The highest BCUT2D eigenvalue weighted by atomic mass is 79.9. The molecule has 10 atom stereocenters. The number of imide groups is 2. The Morgan fingerprint density at radius 2 is 0.766 bits per heavy atom. The van der Waals surface area contributed by atoms with E-state index in [1.165, 1.54) is 34.5 Å². The van der Waals surface area contributed by atoms with Gasteiger partial charge in [-0.2, -0.15) is 5.21 Å². The highest BCUT2D eigenvalue weighted by Crippen LogP contribution is 2.60.